The van der Waals surface area contributed by atoms with Crippen LogP contribution in [0.2, 0.25) is 0 Å². The van der Waals surface area contributed by atoms with Crippen molar-refractivity contribution in [2.45, 2.75) is 45.1 Å². The van der Waals surface area contributed by atoms with Gasteiger partial charge >= 0.3 is 0 Å². The Balaban J connectivity index is 2.03. The first-order chi connectivity index (χ1) is 8.34. The zero-order valence-electron chi connectivity index (χ0n) is 10.9. The third kappa shape index (κ3) is 6.44. The number of aliphatic hydroxyl groups excluding tert-OH is 1. The molecule has 1 unspecified atom stereocenters. The molecule has 0 saturated carbocycles. The number of benzene rings is 1. The largest absolute Gasteiger partial charge is 0.387 e. The average Bonchev–Trinajstić information content (AvgIpc) is 2.38. The fourth-order valence-corrected chi connectivity index (χ4v) is 1.89. The maximum atomic E-state index is 9.90. The van der Waals surface area contributed by atoms with E-state index in [1.54, 1.807) is 0 Å². The van der Waals surface area contributed by atoms with E-state index in [1.165, 1.54) is 32.1 Å². The summed E-state index contributed by atoms with van der Waals surface area (Å²) in [6.07, 6.45) is 6.09. The van der Waals surface area contributed by atoms with Crippen LogP contribution < -0.4 is 5.32 Å². The van der Waals surface area contributed by atoms with Gasteiger partial charge in [0.25, 0.3) is 0 Å². The molecule has 0 spiro atoms. The Morgan fingerprint density at radius 3 is 2.47 bits per heavy atom. The molecule has 0 aromatic heterocycles. The standard InChI is InChI=1S/C15H25NO/c1-2-3-4-5-9-12-16-13-15(17)14-10-7-6-8-11-14/h6-8,10-11,15-17H,2-5,9,12-13H2,1H3. The van der Waals surface area contributed by atoms with Crippen LogP contribution in [0.15, 0.2) is 30.3 Å². The highest BCUT2D eigenvalue weighted by Crippen LogP contribution is 2.10. The molecule has 0 fully saturated rings. The molecule has 2 N–H and O–H groups in total. The summed E-state index contributed by atoms with van der Waals surface area (Å²) in [6.45, 7) is 3.89. The molecule has 1 aromatic carbocycles. The minimum absolute atomic E-state index is 0.383. The number of hydrogen-bond donors (Lipinski definition) is 2. The molecule has 2 heteroatoms. The van der Waals surface area contributed by atoms with Crippen LogP contribution >= 0.6 is 0 Å². The van der Waals surface area contributed by atoms with E-state index in [0.717, 1.165) is 12.1 Å². The average molecular weight is 235 g/mol. The number of rotatable bonds is 9. The van der Waals surface area contributed by atoms with Crippen LogP contribution in [0.4, 0.5) is 0 Å². The number of nitrogens with one attached hydrogen (secondary N) is 1. The Kier molecular flexibility index (Phi) is 7.69. The van der Waals surface area contributed by atoms with Gasteiger partial charge < -0.3 is 10.4 Å². The van der Waals surface area contributed by atoms with Crippen LogP contribution in [-0.4, -0.2) is 18.2 Å². The first kappa shape index (κ1) is 14.2. The van der Waals surface area contributed by atoms with Gasteiger partial charge in [-0.3, -0.25) is 0 Å². The molecule has 0 aliphatic rings. The quantitative estimate of drug-likeness (QED) is 0.644. The zero-order chi connectivity index (χ0) is 12.3. The van der Waals surface area contributed by atoms with Crippen LogP contribution in [0.3, 0.4) is 0 Å². The summed E-state index contributed by atoms with van der Waals surface area (Å²) in [5.41, 5.74) is 0.992. The third-order valence-electron chi connectivity index (χ3n) is 2.98. The molecule has 2 nitrogen and oxygen atoms in total. The fourth-order valence-electron chi connectivity index (χ4n) is 1.89. The second kappa shape index (κ2) is 9.20. The maximum absolute atomic E-state index is 9.90. The molecule has 0 saturated heterocycles. The summed E-state index contributed by atoms with van der Waals surface area (Å²) in [5.74, 6) is 0. The highest BCUT2D eigenvalue weighted by Gasteiger charge is 2.04. The summed E-state index contributed by atoms with van der Waals surface area (Å²) >= 11 is 0. The van der Waals surface area contributed by atoms with Crippen molar-refractivity contribution in [3.63, 3.8) is 0 Å². The van der Waals surface area contributed by atoms with E-state index >= 15 is 0 Å². The SMILES string of the molecule is CCCCCCCNCC(O)c1ccccc1. The molecule has 1 aromatic rings. The van der Waals surface area contributed by atoms with Crippen molar-refractivity contribution in [3.05, 3.63) is 35.9 Å². The predicted molar refractivity (Wildman–Crippen MR) is 73.0 cm³/mol. The minimum Gasteiger partial charge on any atom is -0.387 e. The molecule has 0 aliphatic heterocycles. The smallest absolute Gasteiger partial charge is 0.0914 e. The van der Waals surface area contributed by atoms with E-state index in [0.29, 0.717) is 6.54 Å². The van der Waals surface area contributed by atoms with Gasteiger partial charge in [-0.05, 0) is 18.5 Å². The summed E-state index contributed by atoms with van der Waals surface area (Å²) in [5, 5.41) is 13.2. The normalized spacial score (nSPS) is 12.6. The van der Waals surface area contributed by atoms with Crippen LogP contribution in [0.5, 0.6) is 0 Å². The van der Waals surface area contributed by atoms with E-state index in [2.05, 4.69) is 12.2 Å². The van der Waals surface area contributed by atoms with Gasteiger partial charge in [-0.25, -0.2) is 0 Å². The maximum Gasteiger partial charge on any atom is 0.0914 e. The molecule has 1 rings (SSSR count). The Morgan fingerprint density at radius 1 is 1.06 bits per heavy atom. The van der Waals surface area contributed by atoms with Gasteiger partial charge in [0.1, 0.15) is 0 Å². The van der Waals surface area contributed by atoms with E-state index < -0.39 is 0 Å². The lowest BCUT2D eigenvalue weighted by atomic mass is 10.1. The Morgan fingerprint density at radius 2 is 1.76 bits per heavy atom. The van der Waals surface area contributed by atoms with Gasteiger partial charge in [0.05, 0.1) is 6.10 Å². The van der Waals surface area contributed by atoms with Crippen molar-refractivity contribution in [1.29, 1.82) is 0 Å². The van der Waals surface area contributed by atoms with E-state index in [-0.39, 0.29) is 6.10 Å². The lowest BCUT2D eigenvalue weighted by Crippen LogP contribution is -2.22. The fraction of sp³-hybridized carbons (Fsp3) is 0.600. The van der Waals surface area contributed by atoms with Crippen LogP contribution in [0, 0.1) is 0 Å². The number of aliphatic hydroxyl groups is 1. The number of hydrogen-bond acceptors (Lipinski definition) is 2. The first-order valence-electron chi connectivity index (χ1n) is 6.78. The molecule has 0 heterocycles. The van der Waals surface area contributed by atoms with Gasteiger partial charge in [-0.1, -0.05) is 62.9 Å². The van der Waals surface area contributed by atoms with Crippen molar-refractivity contribution >= 4 is 0 Å². The van der Waals surface area contributed by atoms with Crippen molar-refractivity contribution < 1.29 is 5.11 Å². The summed E-state index contributed by atoms with van der Waals surface area (Å²) in [4.78, 5) is 0. The molecule has 96 valence electrons. The molecule has 0 amide bonds. The summed E-state index contributed by atoms with van der Waals surface area (Å²) < 4.78 is 0. The monoisotopic (exact) mass is 235 g/mol. The van der Waals surface area contributed by atoms with Crippen LogP contribution in [0.25, 0.3) is 0 Å². The minimum atomic E-state index is -0.383. The second-order valence-electron chi connectivity index (χ2n) is 4.54. The van der Waals surface area contributed by atoms with Gasteiger partial charge in [-0.2, -0.15) is 0 Å². The van der Waals surface area contributed by atoms with Gasteiger partial charge in [0, 0.05) is 6.54 Å². The Labute approximate surface area is 105 Å². The Bertz CT molecular complexity index is 274. The molecule has 0 aliphatic carbocycles. The van der Waals surface area contributed by atoms with Gasteiger partial charge in [0.15, 0.2) is 0 Å². The van der Waals surface area contributed by atoms with Gasteiger partial charge in [0.2, 0.25) is 0 Å². The molecule has 17 heavy (non-hydrogen) atoms. The van der Waals surface area contributed by atoms with Crippen molar-refractivity contribution in [1.82, 2.24) is 5.32 Å². The van der Waals surface area contributed by atoms with E-state index in [1.807, 2.05) is 30.3 Å². The molecular weight excluding hydrogens is 210 g/mol. The lowest BCUT2D eigenvalue weighted by Gasteiger charge is -2.11. The highest BCUT2D eigenvalue weighted by atomic mass is 16.3. The highest BCUT2D eigenvalue weighted by molar-refractivity contribution is 5.17. The molecular formula is C15H25NO. The summed E-state index contributed by atoms with van der Waals surface area (Å²) in [7, 11) is 0. The summed E-state index contributed by atoms with van der Waals surface area (Å²) in [6, 6.07) is 9.82. The van der Waals surface area contributed by atoms with Crippen LogP contribution in [0.1, 0.15) is 50.7 Å². The topological polar surface area (TPSA) is 32.3 Å². The van der Waals surface area contributed by atoms with Crippen LogP contribution in [-0.2, 0) is 0 Å². The molecule has 0 bridgehead atoms. The van der Waals surface area contributed by atoms with Crippen molar-refractivity contribution in [2.24, 2.45) is 0 Å². The third-order valence-corrected chi connectivity index (χ3v) is 2.98. The van der Waals surface area contributed by atoms with E-state index in [4.69, 9.17) is 0 Å². The lowest BCUT2D eigenvalue weighted by molar-refractivity contribution is 0.174. The Hall–Kier alpha value is -0.860. The first-order valence-corrected chi connectivity index (χ1v) is 6.78. The van der Waals surface area contributed by atoms with Crippen molar-refractivity contribution in [2.75, 3.05) is 13.1 Å². The second-order valence-corrected chi connectivity index (χ2v) is 4.54. The number of unbranched alkanes of at least 4 members (excludes halogenated alkanes) is 4. The zero-order valence-corrected chi connectivity index (χ0v) is 10.9. The van der Waals surface area contributed by atoms with Gasteiger partial charge in [-0.15, -0.1) is 0 Å². The van der Waals surface area contributed by atoms with Crippen molar-refractivity contribution in [3.8, 4) is 0 Å². The molecule has 1 atom stereocenters. The molecule has 0 radical (unpaired) electrons. The van der Waals surface area contributed by atoms with E-state index in [9.17, 15) is 5.11 Å². The predicted octanol–water partition coefficient (Wildman–Crippen LogP) is 3.28.